The molecule has 4 heteroatoms. The molecule has 24 heavy (non-hydrogen) atoms. The van der Waals surface area contributed by atoms with Crippen molar-refractivity contribution in [3.8, 4) is 5.75 Å². The predicted octanol–water partition coefficient (Wildman–Crippen LogP) is 2.89. The van der Waals surface area contributed by atoms with Crippen LogP contribution in [0.4, 0.5) is 5.69 Å². The summed E-state index contributed by atoms with van der Waals surface area (Å²) >= 11 is 0. The van der Waals surface area contributed by atoms with E-state index < -0.39 is 5.97 Å². The maximum absolute atomic E-state index is 11.0. The summed E-state index contributed by atoms with van der Waals surface area (Å²) < 4.78 is 5.52. The summed E-state index contributed by atoms with van der Waals surface area (Å²) in [6.45, 7) is 0. The normalized spacial score (nSPS) is 24.0. The van der Waals surface area contributed by atoms with Crippen LogP contribution in [-0.2, 0) is 0 Å². The standard InChI is InChI=1S/C20H19NO3/c1-24-17-7-3-6-16-14-4-2-5-15(14)18(21-19(16)17)12-8-10-13(11-9-12)20(22)23/h2-4,6-11,14-15,18,21H,5H2,1H3,(H,22,23)/p-1/t14-,15+,18-/m0/s1. The van der Waals surface area contributed by atoms with Crippen molar-refractivity contribution < 1.29 is 14.6 Å². The van der Waals surface area contributed by atoms with E-state index in [-0.39, 0.29) is 11.6 Å². The molecule has 2 aromatic rings. The van der Waals surface area contributed by atoms with Crippen molar-refractivity contribution in [3.05, 3.63) is 71.3 Å². The van der Waals surface area contributed by atoms with Crippen LogP contribution in [0.2, 0.25) is 0 Å². The second-order valence-corrected chi connectivity index (χ2v) is 6.31. The molecule has 0 saturated heterocycles. The van der Waals surface area contributed by atoms with Crippen LogP contribution in [0, 0.1) is 5.92 Å². The fraction of sp³-hybridized carbons (Fsp3) is 0.250. The zero-order chi connectivity index (χ0) is 16.7. The largest absolute Gasteiger partial charge is 0.545 e. The van der Waals surface area contributed by atoms with Crippen molar-refractivity contribution in [2.75, 3.05) is 12.4 Å². The molecule has 122 valence electrons. The van der Waals surface area contributed by atoms with E-state index >= 15 is 0 Å². The molecule has 4 nitrogen and oxygen atoms in total. The number of para-hydroxylation sites is 1. The molecule has 0 fully saturated rings. The molecule has 3 atom stereocenters. The van der Waals surface area contributed by atoms with Gasteiger partial charge < -0.3 is 20.0 Å². The van der Waals surface area contributed by atoms with Crippen molar-refractivity contribution >= 4 is 11.7 Å². The van der Waals surface area contributed by atoms with Crippen LogP contribution < -0.4 is 15.2 Å². The van der Waals surface area contributed by atoms with E-state index in [9.17, 15) is 9.90 Å². The first-order chi connectivity index (χ1) is 11.7. The Balaban J connectivity index is 1.76. The fourth-order valence-electron chi connectivity index (χ4n) is 3.92. The highest BCUT2D eigenvalue weighted by Gasteiger charge is 2.38. The average Bonchev–Trinajstić information content (AvgIpc) is 3.10. The van der Waals surface area contributed by atoms with Crippen LogP contribution in [0.3, 0.4) is 0 Å². The number of anilines is 1. The first-order valence-corrected chi connectivity index (χ1v) is 8.10. The van der Waals surface area contributed by atoms with Gasteiger partial charge in [-0.05, 0) is 35.1 Å². The zero-order valence-electron chi connectivity index (χ0n) is 13.4. The minimum atomic E-state index is -1.15. The summed E-state index contributed by atoms with van der Waals surface area (Å²) in [6, 6.07) is 13.2. The number of carboxylic acid groups (broad SMARTS) is 1. The quantitative estimate of drug-likeness (QED) is 0.883. The average molecular weight is 320 g/mol. The number of methoxy groups -OCH3 is 1. The Morgan fingerprint density at radius 3 is 2.71 bits per heavy atom. The van der Waals surface area contributed by atoms with E-state index in [0.29, 0.717) is 11.8 Å². The number of benzene rings is 2. The van der Waals surface area contributed by atoms with Crippen LogP contribution in [0.5, 0.6) is 5.75 Å². The third-order valence-electron chi connectivity index (χ3n) is 5.08. The Morgan fingerprint density at radius 2 is 2.00 bits per heavy atom. The highest BCUT2D eigenvalue weighted by molar-refractivity contribution is 5.85. The number of aromatic carboxylic acids is 1. The van der Waals surface area contributed by atoms with Gasteiger partial charge in [-0.25, -0.2) is 0 Å². The van der Waals surface area contributed by atoms with Gasteiger partial charge >= 0.3 is 0 Å². The minimum absolute atomic E-state index is 0.115. The molecule has 0 saturated carbocycles. The molecule has 0 bridgehead atoms. The van der Waals surface area contributed by atoms with Gasteiger partial charge in [-0.3, -0.25) is 0 Å². The summed E-state index contributed by atoms with van der Waals surface area (Å²) in [4.78, 5) is 11.0. The van der Waals surface area contributed by atoms with Gasteiger partial charge in [-0.2, -0.15) is 0 Å². The number of ether oxygens (including phenoxy) is 1. The summed E-state index contributed by atoms with van der Waals surface area (Å²) in [7, 11) is 1.68. The monoisotopic (exact) mass is 320 g/mol. The van der Waals surface area contributed by atoms with E-state index in [1.165, 1.54) is 5.56 Å². The summed E-state index contributed by atoms with van der Waals surface area (Å²) in [5.41, 5.74) is 3.57. The first kappa shape index (κ1) is 14.8. The van der Waals surface area contributed by atoms with Crippen molar-refractivity contribution in [1.29, 1.82) is 0 Å². The second kappa shape index (κ2) is 5.71. The molecular formula is C20H18NO3-. The molecule has 0 aromatic heterocycles. The predicted molar refractivity (Wildman–Crippen MR) is 90.1 cm³/mol. The Bertz CT molecular complexity index is 810. The van der Waals surface area contributed by atoms with Crippen molar-refractivity contribution in [1.82, 2.24) is 0 Å². The summed E-state index contributed by atoms with van der Waals surface area (Å²) in [6.07, 6.45) is 5.50. The third kappa shape index (κ3) is 2.26. The lowest BCUT2D eigenvalue weighted by atomic mass is 9.77. The number of rotatable bonds is 3. The van der Waals surface area contributed by atoms with Crippen molar-refractivity contribution in [3.63, 3.8) is 0 Å². The van der Waals surface area contributed by atoms with Gasteiger partial charge in [0.2, 0.25) is 0 Å². The zero-order valence-corrected chi connectivity index (χ0v) is 13.4. The lowest BCUT2D eigenvalue weighted by Crippen LogP contribution is -2.29. The highest BCUT2D eigenvalue weighted by atomic mass is 16.5. The van der Waals surface area contributed by atoms with Gasteiger partial charge in [-0.1, -0.05) is 48.6 Å². The number of hydrogen-bond acceptors (Lipinski definition) is 4. The molecular weight excluding hydrogens is 302 g/mol. The van der Waals surface area contributed by atoms with Gasteiger partial charge in [-0.15, -0.1) is 0 Å². The number of carboxylic acids is 1. The smallest absolute Gasteiger partial charge is 0.142 e. The Labute approximate surface area is 140 Å². The van der Waals surface area contributed by atoms with Crippen LogP contribution in [0.25, 0.3) is 0 Å². The van der Waals surface area contributed by atoms with Crippen LogP contribution in [0.1, 0.15) is 39.9 Å². The van der Waals surface area contributed by atoms with E-state index in [2.05, 4.69) is 23.5 Å². The number of fused-ring (bicyclic) bond motifs is 3. The molecule has 0 spiro atoms. The molecule has 0 radical (unpaired) electrons. The molecule has 1 N–H and O–H groups in total. The molecule has 0 unspecified atom stereocenters. The third-order valence-corrected chi connectivity index (χ3v) is 5.08. The molecule has 0 amide bonds. The number of carbonyl (C=O) groups is 1. The first-order valence-electron chi connectivity index (χ1n) is 8.10. The lowest BCUT2D eigenvalue weighted by Gasteiger charge is -2.38. The van der Waals surface area contributed by atoms with E-state index in [4.69, 9.17) is 4.74 Å². The highest BCUT2D eigenvalue weighted by Crippen LogP contribution is 2.52. The Kier molecular flexibility index (Phi) is 3.53. The van der Waals surface area contributed by atoms with Gasteiger partial charge in [0.15, 0.2) is 0 Å². The Morgan fingerprint density at radius 1 is 1.21 bits per heavy atom. The fourth-order valence-corrected chi connectivity index (χ4v) is 3.92. The number of allylic oxidation sites excluding steroid dienone is 2. The molecule has 2 aromatic carbocycles. The number of hydrogen-bond donors (Lipinski definition) is 1. The lowest BCUT2D eigenvalue weighted by molar-refractivity contribution is -0.255. The van der Waals surface area contributed by atoms with E-state index in [1.54, 1.807) is 19.2 Å². The minimum Gasteiger partial charge on any atom is -0.545 e. The van der Waals surface area contributed by atoms with Crippen LogP contribution in [-0.4, -0.2) is 13.1 Å². The SMILES string of the molecule is COc1cccc2c1N[C@@H](c1ccc(C(=O)[O-])cc1)[C@@H]1CC=C[C@H]21. The van der Waals surface area contributed by atoms with E-state index in [0.717, 1.165) is 23.4 Å². The molecule has 1 aliphatic carbocycles. The maximum atomic E-state index is 11.0. The van der Waals surface area contributed by atoms with Crippen LogP contribution in [0.15, 0.2) is 54.6 Å². The van der Waals surface area contributed by atoms with Crippen molar-refractivity contribution in [2.45, 2.75) is 18.4 Å². The molecule has 1 heterocycles. The van der Waals surface area contributed by atoms with Gasteiger partial charge in [0, 0.05) is 5.92 Å². The molecule has 1 aliphatic heterocycles. The second-order valence-electron chi connectivity index (χ2n) is 6.31. The van der Waals surface area contributed by atoms with E-state index in [1.807, 2.05) is 24.3 Å². The van der Waals surface area contributed by atoms with Gasteiger partial charge in [0.1, 0.15) is 5.75 Å². The molecule has 2 aliphatic rings. The van der Waals surface area contributed by atoms with Gasteiger partial charge in [0.05, 0.1) is 24.8 Å². The Hall–Kier alpha value is -2.75. The van der Waals surface area contributed by atoms with Crippen molar-refractivity contribution in [2.24, 2.45) is 5.92 Å². The topological polar surface area (TPSA) is 61.4 Å². The number of nitrogens with one attached hydrogen (secondary N) is 1. The van der Waals surface area contributed by atoms with Crippen LogP contribution >= 0.6 is 0 Å². The maximum Gasteiger partial charge on any atom is 0.142 e. The summed E-state index contributed by atoms with van der Waals surface area (Å²) in [5.74, 6) is 0.453. The van der Waals surface area contributed by atoms with Gasteiger partial charge in [0.25, 0.3) is 0 Å². The summed E-state index contributed by atoms with van der Waals surface area (Å²) in [5, 5.41) is 14.6. The number of carbonyl (C=O) groups excluding carboxylic acids is 1. The molecule has 4 rings (SSSR count).